The van der Waals surface area contributed by atoms with Crippen LogP contribution in [-0.2, 0) is 9.59 Å². The Bertz CT molecular complexity index is 638. The van der Waals surface area contributed by atoms with Crippen LogP contribution in [0.25, 0.3) is 0 Å². The number of allylic oxidation sites excluding steroid dienone is 7. The predicted octanol–water partition coefficient (Wildman–Crippen LogP) is 4.31. The average Bonchev–Trinajstić information content (AvgIpc) is 2.74. The van der Waals surface area contributed by atoms with E-state index in [1.165, 1.54) is 43.9 Å². The van der Waals surface area contributed by atoms with E-state index in [-0.39, 0.29) is 17.4 Å². The summed E-state index contributed by atoms with van der Waals surface area (Å²) < 4.78 is 0. The quantitative estimate of drug-likeness (QED) is 0.216. The van der Waals surface area contributed by atoms with Gasteiger partial charge in [-0.1, -0.05) is 67.9 Å². The van der Waals surface area contributed by atoms with E-state index in [4.69, 9.17) is 15.9 Å². The molecule has 6 nitrogen and oxygen atoms in total. The maximum Gasteiger partial charge on any atom is 0.321 e. The number of nitrogens with two attached hydrogens (primary N) is 1. The molecule has 1 fully saturated rings. The number of aliphatic hydroxyl groups is 1. The first kappa shape index (κ1) is 27.2. The number of carbonyl (C=O) groups is 2. The lowest BCUT2D eigenvalue weighted by Gasteiger charge is -2.20. The fourth-order valence-electron chi connectivity index (χ4n) is 3.34. The molecule has 1 unspecified atom stereocenters. The highest BCUT2D eigenvalue weighted by Crippen LogP contribution is 2.24. The SMILES string of the molecule is NC(CS[C@H](/C=C/C=C/C=C\C/C=C/C1CCCCC1)[C@@H](O)CCCC(=O)O)C(=O)O. The fourth-order valence-corrected chi connectivity index (χ4v) is 4.48. The van der Waals surface area contributed by atoms with Crippen LogP contribution in [0.15, 0.2) is 48.6 Å². The number of carboxylic acids is 2. The summed E-state index contributed by atoms with van der Waals surface area (Å²) in [5.41, 5.74) is 5.55. The van der Waals surface area contributed by atoms with Gasteiger partial charge in [0.25, 0.3) is 0 Å². The lowest BCUT2D eigenvalue weighted by Crippen LogP contribution is -2.34. The predicted molar refractivity (Wildman–Crippen MR) is 127 cm³/mol. The molecule has 0 aromatic rings. The van der Waals surface area contributed by atoms with E-state index >= 15 is 0 Å². The summed E-state index contributed by atoms with van der Waals surface area (Å²) in [6.45, 7) is 0. The lowest BCUT2D eigenvalue weighted by molar-refractivity contribution is -0.138. The minimum absolute atomic E-state index is 0.00725. The van der Waals surface area contributed by atoms with Gasteiger partial charge in [-0.2, -0.15) is 0 Å². The third-order valence-electron chi connectivity index (χ3n) is 5.16. The number of aliphatic carboxylic acids is 2. The van der Waals surface area contributed by atoms with Crippen molar-refractivity contribution in [2.45, 2.75) is 75.2 Å². The summed E-state index contributed by atoms with van der Waals surface area (Å²) in [4.78, 5) is 21.6. The largest absolute Gasteiger partial charge is 0.481 e. The molecule has 0 radical (unpaired) electrons. The maximum absolute atomic E-state index is 10.9. The monoisotopic (exact) mass is 451 g/mol. The first-order chi connectivity index (χ1) is 14.9. The van der Waals surface area contributed by atoms with Crippen molar-refractivity contribution < 1.29 is 24.9 Å². The molecule has 174 valence electrons. The minimum atomic E-state index is -1.09. The Labute approximate surface area is 190 Å². The summed E-state index contributed by atoms with van der Waals surface area (Å²) in [6, 6.07) is -1.01. The van der Waals surface area contributed by atoms with Crippen molar-refractivity contribution in [1.29, 1.82) is 0 Å². The van der Waals surface area contributed by atoms with Gasteiger partial charge >= 0.3 is 11.9 Å². The summed E-state index contributed by atoms with van der Waals surface area (Å²) >= 11 is 1.26. The summed E-state index contributed by atoms with van der Waals surface area (Å²) in [7, 11) is 0. The van der Waals surface area contributed by atoms with E-state index in [9.17, 15) is 14.7 Å². The average molecular weight is 452 g/mol. The van der Waals surface area contributed by atoms with E-state index in [1.807, 2.05) is 24.3 Å². The third-order valence-corrected chi connectivity index (χ3v) is 6.56. The highest BCUT2D eigenvalue weighted by Gasteiger charge is 2.20. The Morgan fingerprint density at radius 3 is 2.42 bits per heavy atom. The third kappa shape index (κ3) is 14.0. The van der Waals surface area contributed by atoms with Crippen LogP contribution < -0.4 is 5.73 Å². The summed E-state index contributed by atoms with van der Waals surface area (Å²) in [5.74, 6) is -1.08. The van der Waals surface area contributed by atoms with Crippen LogP contribution in [0.1, 0.15) is 57.8 Å². The molecular weight excluding hydrogens is 414 g/mol. The Hall–Kier alpha value is -1.83. The van der Waals surface area contributed by atoms with Crippen LogP contribution in [-0.4, -0.2) is 50.4 Å². The van der Waals surface area contributed by atoms with Crippen LogP contribution in [0.4, 0.5) is 0 Å². The molecule has 0 heterocycles. The zero-order chi connectivity index (χ0) is 22.9. The molecule has 31 heavy (non-hydrogen) atoms. The van der Waals surface area contributed by atoms with Crippen molar-refractivity contribution in [2.24, 2.45) is 11.7 Å². The Kier molecular flexibility index (Phi) is 14.8. The first-order valence-electron chi connectivity index (χ1n) is 11.1. The lowest BCUT2D eigenvalue weighted by atomic mass is 9.89. The van der Waals surface area contributed by atoms with Gasteiger partial charge in [-0.15, -0.1) is 11.8 Å². The number of rotatable bonds is 15. The number of thioether (sulfide) groups is 1. The first-order valence-corrected chi connectivity index (χ1v) is 12.1. The molecule has 1 aliphatic rings. The van der Waals surface area contributed by atoms with Crippen LogP contribution in [0, 0.1) is 5.92 Å². The van der Waals surface area contributed by atoms with E-state index in [0.29, 0.717) is 12.8 Å². The van der Waals surface area contributed by atoms with Crippen molar-refractivity contribution in [1.82, 2.24) is 0 Å². The molecule has 7 heteroatoms. The molecule has 0 bridgehead atoms. The van der Waals surface area contributed by atoms with E-state index < -0.39 is 24.1 Å². The van der Waals surface area contributed by atoms with Gasteiger partial charge in [0.05, 0.1) is 6.10 Å². The van der Waals surface area contributed by atoms with E-state index in [1.54, 1.807) is 6.08 Å². The van der Waals surface area contributed by atoms with Crippen molar-refractivity contribution in [3.05, 3.63) is 48.6 Å². The number of hydrogen-bond donors (Lipinski definition) is 4. The number of carboxylic acid groups (broad SMARTS) is 2. The van der Waals surface area contributed by atoms with Gasteiger partial charge in [0, 0.05) is 17.4 Å². The summed E-state index contributed by atoms with van der Waals surface area (Å²) in [6.07, 6.45) is 23.5. The zero-order valence-corrected chi connectivity index (χ0v) is 19.0. The van der Waals surface area contributed by atoms with Gasteiger partial charge in [0.2, 0.25) is 0 Å². The Morgan fingerprint density at radius 1 is 1.03 bits per heavy atom. The molecule has 5 N–H and O–H groups in total. The molecule has 1 saturated carbocycles. The highest BCUT2D eigenvalue weighted by atomic mass is 32.2. The molecule has 0 aliphatic heterocycles. The smallest absolute Gasteiger partial charge is 0.321 e. The molecule has 0 aromatic carbocycles. The second-order valence-corrected chi connectivity index (χ2v) is 9.07. The van der Waals surface area contributed by atoms with Crippen LogP contribution in [0.2, 0.25) is 0 Å². The fraction of sp³-hybridized carbons (Fsp3) is 0.583. The minimum Gasteiger partial charge on any atom is -0.481 e. The molecule has 1 rings (SSSR count). The second kappa shape index (κ2) is 16.8. The second-order valence-electron chi connectivity index (χ2n) is 7.86. The molecule has 1 aliphatic carbocycles. The van der Waals surface area contributed by atoms with Crippen molar-refractivity contribution in [3.63, 3.8) is 0 Å². The topological polar surface area (TPSA) is 121 Å². The van der Waals surface area contributed by atoms with Gasteiger partial charge in [0.15, 0.2) is 0 Å². The van der Waals surface area contributed by atoms with Crippen molar-refractivity contribution in [3.8, 4) is 0 Å². The van der Waals surface area contributed by atoms with Gasteiger partial charge < -0.3 is 21.1 Å². The van der Waals surface area contributed by atoms with Crippen LogP contribution in [0.3, 0.4) is 0 Å². The zero-order valence-electron chi connectivity index (χ0n) is 18.1. The van der Waals surface area contributed by atoms with E-state index in [0.717, 1.165) is 12.3 Å². The van der Waals surface area contributed by atoms with Crippen molar-refractivity contribution >= 4 is 23.7 Å². The maximum atomic E-state index is 10.9. The van der Waals surface area contributed by atoms with Gasteiger partial charge in [-0.25, -0.2) is 0 Å². The van der Waals surface area contributed by atoms with Gasteiger partial charge in [0.1, 0.15) is 6.04 Å². The Balaban J connectivity index is 2.45. The summed E-state index contributed by atoms with van der Waals surface area (Å²) in [5, 5.41) is 27.7. The Morgan fingerprint density at radius 2 is 1.74 bits per heavy atom. The van der Waals surface area contributed by atoms with Crippen molar-refractivity contribution in [2.75, 3.05) is 5.75 Å². The normalized spacial score (nSPS) is 18.9. The molecule has 0 aromatic heterocycles. The molecule has 0 amide bonds. The van der Waals surface area contributed by atoms with E-state index in [2.05, 4.69) is 18.2 Å². The van der Waals surface area contributed by atoms with Gasteiger partial charge in [-0.3, -0.25) is 9.59 Å². The molecule has 0 saturated heterocycles. The number of hydrogen-bond acceptors (Lipinski definition) is 5. The highest BCUT2D eigenvalue weighted by molar-refractivity contribution is 8.00. The standard InChI is InChI=1S/C24H37NO5S/c25-20(24(29)30)18-31-22(21(26)15-11-17-23(27)28)16-10-5-3-1-2-4-7-12-19-13-8-6-9-14-19/h1-3,5,7,10,12,16,19-22,26H,4,6,8-9,11,13-15,17-18,25H2,(H,27,28)(H,29,30)/b2-1-,5-3+,12-7+,16-10+/t20?,21-,22+/m0/s1. The van der Waals surface area contributed by atoms with Crippen LogP contribution in [0.5, 0.6) is 0 Å². The number of aliphatic hydroxyl groups excluding tert-OH is 1. The molecule has 0 spiro atoms. The van der Waals surface area contributed by atoms with Gasteiger partial charge in [-0.05, 0) is 38.0 Å². The van der Waals surface area contributed by atoms with Crippen LogP contribution >= 0.6 is 11.8 Å². The molecular formula is C24H37NO5S. The molecule has 3 atom stereocenters.